The second kappa shape index (κ2) is 5.91. The maximum absolute atomic E-state index is 12.5. The third-order valence-electron chi connectivity index (χ3n) is 2.77. The lowest BCUT2D eigenvalue weighted by atomic mass is 9.93. The van der Waals surface area contributed by atoms with Crippen molar-refractivity contribution in [2.45, 2.75) is 26.8 Å². The summed E-state index contributed by atoms with van der Waals surface area (Å²) in [5.74, 6) is -0.392. The molecule has 0 aliphatic rings. The molecule has 0 spiro atoms. The molecule has 0 aromatic heterocycles. The van der Waals surface area contributed by atoms with Crippen LogP contribution in [0.5, 0.6) is 0 Å². The lowest BCUT2D eigenvalue weighted by Crippen LogP contribution is -2.40. The SMILES string of the molecule is CC(C)(CNCc1cccc(C(F)F)c1)C(N)=O. The van der Waals surface area contributed by atoms with E-state index in [9.17, 15) is 13.6 Å². The minimum Gasteiger partial charge on any atom is -0.369 e. The van der Waals surface area contributed by atoms with E-state index in [2.05, 4.69) is 5.32 Å². The summed E-state index contributed by atoms with van der Waals surface area (Å²) < 4.78 is 25.0. The molecule has 1 rings (SSSR count). The van der Waals surface area contributed by atoms with Gasteiger partial charge in [0.1, 0.15) is 0 Å². The zero-order valence-corrected chi connectivity index (χ0v) is 10.5. The predicted octanol–water partition coefficient (Wildman–Crippen LogP) is 2.23. The Morgan fingerprint density at radius 2 is 2.11 bits per heavy atom. The van der Waals surface area contributed by atoms with Crippen molar-refractivity contribution in [3.05, 3.63) is 35.4 Å². The average molecular weight is 256 g/mol. The van der Waals surface area contributed by atoms with Gasteiger partial charge in [-0.05, 0) is 25.5 Å². The standard InChI is InChI=1S/C13H18F2N2O/c1-13(2,12(16)18)8-17-7-9-4-3-5-10(6-9)11(14)15/h3-6,11,17H,7-8H2,1-2H3,(H2,16,18). The fourth-order valence-corrected chi connectivity index (χ4v) is 1.45. The smallest absolute Gasteiger partial charge is 0.263 e. The van der Waals surface area contributed by atoms with Crippen molar-refractivity contribution in [2.75, 3.05) is 6.54 Å². The molecule has 0 heterocycles. The van der Waals surface area contributed by atoms with Gasteiger partial charge in [-0.3, -0.25) is 4.79 Å². The van der Waals surface area contributed by atoms with E-state index in [1.54, 1.807) is 26.0 Å². The van der Waals surface area contributed by atoms with Gasteiger partial charge in [-0.2, -0.15) is 0 Å². The lowest BCUT2D eigenvalue weighted by molar-refractivity contribution is -0.125. The Bertz CT molecular complexity index is 419. The van der Waals surface area contributed by atoms with Gasteiger partial charge in [-0.1, -0.05) is 18.2 Å². The van der Waals surface area contributed by atoms with E-state index in [0.717, 1.165) is 5.56 Å². The largest absolute Gasteiger partial charge is 0.369 e. The molecule has 0 aliphatic carbocycles. The Morgan fingerprint density at radius 1 is 1.44 bits per heavy atom. The summed E-state index contributed by atoms with van der Waals surface area (Å²) in [6.07, 6.45) is -2.47. The highest BCUT2D eigenvalue weighted by atomic mass is 19.3. The minimum absolute atomic E-state index is 0.00321. The number of nitrogens with one attached hydrogen (secondary N) is 1. The molecule has 100 valence electrons. The first kappa shape index (κ1) is 14.6. The number of carbonyl (C=O) groups is 1. The maximum atomic E-state index is 12.5. The number of amides is 1. The van der Waals surface area contributed by atoms with Crippen LogP contribution in [0.25, 0.3) is 0 Å². The summed E-state index contributed by atoms with van der Waals surface area (Å²) in [5, 5.41) is 3.04. The monoisotopic (exact) mass is 256 g/mol. The molecule has 1 aromatic carbocycles. The Labute approximate surface area is 105 Å². The number of halogens is 2. The van der Waals surface area contributed by atoms with E-state index >= 15 is 0 Å². The quantitative estimate of drug-likeness (QED) is 0.820. The van der Waals surface area contributed by atoms with Crippen LogP contribution in [0.15, 0.2) is 24.3 Å². The van der Waals surface area contributed by atoms with Gasteiger partial charge in [0.25, 0.3) is 6.43 Å². The number of alkyl halides is 2. The molecular weight excluding hydrogens is 238 g/mol. The molecule has 5 heteroatoms. The Hall–Kier alpha value is -1.49. The number of hydrogen-bond acceptors (Lipinski definition) is 2. The van der Waals surface area contributed by atoms with Gasteiger partial charge >= 0.3 is 0 Å². The van der Waals surface area contributed by atoms with Gasteiger partial charge < -0.3 is 11.1 Å². The predicted molar refractivity (Wildman–Crippen MR) is 66.1 cm³/mol. The van der Waals surface area contributed by atoms with Crippen LogP contribution in [0.1, 0.15) is 31.4 Å². The molecule has 0 saturated carbocycles. The fourth-order valence-electron chi connectivity index (χ4n) is 1.45. The highest BCUT2D eigenvalue weighted by molar-refractivity contribution is 5.80. The molecule has 1 aromatic rings. The van der Waals surface area contributed by atoms with Gasteiger partial charge in [0.05, 0.1) is 5.41 Å². The van der Waals surface area contributed by atoms with Crippen molar-refractivity contribution in [3.63, 3.8) is 0 Å². The highest BCUT2D eigenvalue weighted by Gasteiger charge is 2.23. The van der Waals surface area contributed by atoms with Crippen molar-refractivity contribution in [1.82, 2.24) is 5.32 Å². The number of nitrogens with two attached hydrogens (primary N) is 1. The normalized spacial score (nSPS) is 11.8. The minimum atomic E-state index is -2.47. The van der Waals surface area contributed by atoms with Crippen LogP contribution in [0.2, 0.25) is 0 Å². The number of carbonyl (C=O) groups excluding carboxylic acids is 1. The molecule has 3 nitrogen and oxygen atoms in total. The Kier molecular flexibility index (Phi) is 4.78. The van der Waals surface area contributed by atoms with Gasteiger partial charge in [0.2, 0.25) is 5.91 Å². The summed E-state index contributed by atoms with van der Waals surface area (Å²) in [5.41, 5.74) is 5.34. The Morgan fingerprint density at radius 3 is 2.67 bits per heavy atom. The maximum Gasteiger partial charge on any atom is 0.263 e. The van der Waals surface area contributed by atoms with Crippen molar-refractivity contribution in [1.29, 1.82) is 0 Å². The topological polar surface area (TPSA) is 55.1 Å². The van der Waals surface area contributed by atoms with Crippen LogP contribution in [0.4, 0.5) is 8.78 Å². The zero-order valence-electron chi connectivity index (χ0n) is 10.5. The van der Waals surface area contributed by atoms with Crippen LogP contribution in [-0.4, -0.2) is 12.5 Å². The number of benzene rings is 1. The van der Waals surface area contributed by atoms with E-state index in [1.165, 1.54) is 12.1 Å². The molecule has 0 saturated heterocycles. The van der Waals surface area contributed by atoms with Crippen molar-refractivity contribution < 1.29 is 13.6 Å². The molecule has 0 atom stereocenters. The van der Waals surface area contributed by atoms with Crippen molar-refractivity contribution in [3.8, 4) is 0 Å². The molecular formula is C13H18F2N2O. The second-order valence-electron chi connectivity index (χ2n) is 4.90. The molecule has 3 N–H and O–H groups in total. The van der Waals surface area contributed by atoms with Crippen LogP contribution in [0, 0.1) is 5.41 Å². The molecule has 18 heavy (non-hydrogen) atoms. The zero-order chi connectivity index (χ0) is 13.8. The van der Waals surface area contributed by atoms with Crippen molar-refractivity contribution in [2.24, 2.45) is 11.1 Å². The Balaban J connectivity index is 2.54. The molecule has 0 unspecified atom stereocenters. The average Bonchev–Trinajstić information content (AvgIpc) is 2.29. The summed E-state index contributed by atoms with van der Waals surface area (Å²) in [6, 6.07) is 6.20. The molecule has 0 bridgehead atoms. The highest BCUT2D eigenvalue weighted by Crippen LogP contribution is 2.19. The third-order valence-corrected chi connectivity index (χ3v) is 2.77. The van der Waals surface area contributed by atoms with Gasteiger partial charge in [-0.15, -0.1) is 0 Å². The first-order valence-electron chi connectivity index (χ1n) is 5.70. The third kappa shape index (κ3) is 4.07. The van der Waals surface area contributed by atoms with Gasteiger partial charge in [0, 0.05) is 18.7 Å². The van der Waals surface area contributed by atoms with Crippen LogP contribution >= 0.6 is 0 Å². The van der Waals surface area contributed by atoms with Crippen molar-refractivity contribution >= 4 is 5.91 Å². The summed E-state index contributed by atoms with van der Waals surface area (Å²) in [4.78, 5) is 11.1. The molecule has 0 fully saturated rings. The fraction of sp³-hybridized carbons (Fsp3) is 0.462. The number of hydrogen-bond donors (Lipinski definition) is 2. The summed E-state index contributed by atoms with van der Waals surface area (Å²) >= 11 is 0. The number of primary amides is 1. The summed E-state index contributed by atoms with van der Waals surface area (Å²) in [6.45, 7) is 4.30. The summed E-state index contributed by atoms with van der Waals surface area (Å²) in [7, 11) is 0. The van der Waals surface area contributed by atoms with E-state index in [4.69, 9.17) is 5.73 Å². The van der Waals surface area contributed by atoms with Gasteiger partial charge in [0.15, 0.2) is 0 Å². The number of rotatable bonds is 6. The molecule has 0 aliphatic heterocycles. The molecule has 0 radical (unpaired) electrons. The lowest BCUT2D eigenvalue weighted by Gasteiger charge is -2.20. The first-order valence-corrected chi connectivity index (χ1v) is 5.70. The second-order valence-corrected chi connectivity index (χ2v) is 4.90. The van der Waals surface area contributed by atoms with E-state index in [1.807, 2.05) is 0 Å². The van der Waals surface area contributed by atoms with Crippen LogP contribution in [-0.2, 0) is 11.3 Å². The van der Waals surface area contributed by atoms with Crippen LogP contribution < -0.4 is 11.1 Å². The molecule has 1 amide bonds. The first-order chi connectivity index (χ1) is 8.33. The van der Waals surface area contributed by atoms with E-state index < -0.39 is 17.7 Å². The van der Waals surface area contributed by atoms with E-state index in [-0.39, 0.29) is 5.56 Å². The van der Waals surface area contributed by atoms with E-state index in [0.29, 0.717) is 13.1 Å². The van der Waals surface area contributed by atoms with Gasteiger partial charge in [-0.25, -0.2) is 8.78 Å². The van der Waals surface area contributed by atoms with Crippen LogP contribution in [0.3, 0.4) is 0 Å².